The molecule has 0 aromatic heterocycles. The van der Waals surface area contributed by atoms with E-state index < -0.39 is 17.8 Å². The highest BCUT2D eigenvalue weighted by molar-refractivity contribution is 6.31. The maximum absolute atomic E-state index is 11.6. The van der Waals surface area contributed by atoms with Crippen LogP contribution in [0.1, 0.15) is 30.1 Å². The van der Waals surface area contributed by atoms with Crippen LogP contribution in [0.2, 0.25) is 5.02 Å². The summed E-state index contributed by atoms with van der Waals surface area (Å²) < 4.78 is 4.69. The quantitative estimate of drug-likeness (QED) is 0.786. The number of hydrogen-bond acceptors (Lipinski definition) is 4. The molecule has 0 aliphatic carbocycles. The number of amides is 1. The van der Waals surface area contributed by atoms with E-state index in [1.807, 2.05) is 0 Å². The van der Waals surface area contributed by atoms with E-state index >= 15 is 0 Å². The van der Waals surface area contributed by atoms with Crippen LogP contribution in [-0.2, 0) is 14.3 Å². The first kappa shape index (κ1) is 16.0. The molecule has 6 nitrogen and oxygen atoms in total. The first-order valence-corrected chi connectivity index (χ1v) is 6.30. The van der Waals surface area contributed by atoms with Crippen molar-refractivity contribution in [1.29, 1.82) is 0 Å². The summed E-state index contributed by atoms with van der Waals surface area (Å²) in [6, 6.07) is 4.11. The highest BCUT2D eigenvalue weighted by atomic mass is 35.5. The van der Waals surface area contributed by atoms with Gasteiger partial charge in [0.15, 0.2) is 0 Å². The first-order valence-electron chi connectivity index (χ1n) is 5.92. The van der Waals surface area contributed by atoms with Crippen LogP contribution in [0.4, 0.5) is 5.69 Å². The Kier molecular flexibility index (Phi) is 5.99. The normalized spacial score (nSPS) is 9.90. The zero-order chi connectivity index (χ0) is 15.1. The average molecular weight is 300 g/mol. The van der Waals surface area contributed by atoms with Crippen LogP contribution in [0.5, 0.6) is 0 Å². The molecule has 0 spiro atoms. The number of carbonyl (C=O) groups excluding carboxylic acids is 2. The summed E-state index contributed by atoms with van der Waals surface area (Å²) in [5.74, 6) is -2.15. The molecule has 108 valence electrons. The van der Waals surface area contributed by atoms with Crippen LogP contribution >= 0.6 is 11.6 Å². The van der Waals surface area contributed by atoms with Gasteiger partial charge in [-0.15, -0.1) is 0 Å². The molecule has 0 bridgehead atoms. The van der Waals surface area contributed by atoms with Crippen molar-refractivity contribution in [2.75, 3.05) is 11.9 Å². The lowest BCUT2D eigenvalue weighted by Gasteiger charge is -2.08. The fraction of sp³-hybridized carbons (Fsp3) is 0.308. The van der Waals surface area contributed by atoms with Crippen molar-refractivity contribution in [3.8, 4) is 0 Å². The fourth-order valence-corrected chi connectivity index (χ4v) is 1.64. The van der Waals surface area contributed by atoms with E-state index in [1.54, 1.807) is 6.92 Å². The van der Waals surface area contributed by atoms with E-state index in [9.17, 15) is 14.4 Å². The Morgan fingerprint density at radius 3 is 2.60 bits per heavy atom. The van der Waals surface area contributed by atoms with Crippen molar-refractivity contribution >= 4 is 35.1 Å². The van der Waals surface area contributed by atoms with Gasteiger partial charge in [-0.3, -0.25) is 9.59 Å². The van der Waals surface area contributed by atoms with Crippen molar-refractivity contribution in [2.24, 2.45) is 0 Å². The predicted octanol–water partition coefficient (Wildman–Crippen LogP) is 2.32. The molecule has 20 heavy (non-hydrogen) atoms. The maximum Gasteiger partial charge on any atom is 0.337 e. The third-order valence-corrected chi connectivity index (χ3v) is 2.58. The zero-order valence-corrected chi connectivity index (χ0v) is 11.6. The Labute approximate surface area is 120 Å². The topological polar surface area (TPSA) is 92.7 Å². The standard InChI is InChI=1S/C13H14ClNO5/c1-2-20-12(17)6-5-11(16)15-10-4-3-8(14)7-9(10)13(18)19/h3-4,7H,2,5-6H2,1H3,(H,15,16)(H,18,19). The largest absolute Gasteiger partial charge is 0.478 e. The Balaban J connectivity index is 2.66. The van der Waals surface area contributed by atoms with Gasteiger partial charge < -0.3 is 15.2 Å². The monoisotopic (exact) mass is 299 g/mol. The summed E-state index contributed by atoms with van der Waals surface area (Å²) >= 11 is 5.70. The molecule has 1 rings (SSSR count). The lowest BCUT2D eigenvalue weighted by molar-refractivity contribution is -0.144. The summed E-state index contributed by atoms with van der Waals surface area (Å²) in [5, 5.41) is 11.7. The Hall–Kier alpha value is -2.08. The number of anilines is 1. The van der Waals surface area contributed by atoms with Gasteiger partial charge in [0, 0.05) is 11.4 Å². The number of carboxylic acids is 1. The summed E-state index contributed by atoms with van der Waals surface area (Å²) in [4.78, 5) is 33.8. The Morgan fingerprint density at radius 1 is 1.30 bits per heavy atom. The summed E-state index contributed by atoms with van der Waals surface area (Å²) in [7, 11) is 0. The summed E-state index contributed by atoms with van der Waals surface area (Å²) in [6.07, 6.45) is -0.143. The van der Waals surface area contributed by atoms with E-state index in [0.717, 1.165) is 0 Å². The minimum atomic E-state index is -1.20. The third-order valence-electron chi connectivity index (χ3n) is 2.35. The van der Waals surface area contributed by atoms with Gasteiger partial charge in [0.25, 0.3) is 0 Å². The Bertz CT molecular complexity index is 529. The van der Waals surface area contributed by atoms with E-state index in [-0.39, 0.29) is 35.7 Å². The predicted molar refractivity (Wildman–Crippen MR) is 72.9 cm³/mol. The van der Waals surface area contributed by atoms with Crippen molar-refractivity contribution in [2.45, 2.75) is 19.8 Å². The lowest BCUT2D eigenvalue weighted by atomic mass is 10.1. The number of halogens is 1. The minimum absolute atomic E-state index is 0.0599. The number of esters is 1. The SMILES string of the molecule is CCOC(=O)CCC(=O)Nc1ccc(Cl)cc1C(=O)O. The number of rotatable bonds is 6. The van der Waals surface area contributed by atoms with E-state index in [1.165, 1.54) is 18.2 Å². The minimum Gasteiger partial charge on any atom is -0.478 e. The maximum atomic E-state index is 11.6. The molecule has 0 saturated carbocycles. The van der Waals surface area contributed by atoms with Crippen molar-refractivity contribution in [3.05, 3.63) is 28.8 Å². The lowest BCUT2D eigenvalue weighted by Crippen LogP contribution is -2.16. The highest BCUT2D eigenvalue weighted by Crippen LogP contribution is 2.21. The smallest absolute Gasteiger partial charge is 0.337 e. The molecule has 0 radical (unpaired) electrons. The second-order valence-electron chi connectivity index (χ2n) is 3.85. The van der Waals surface area contributed by atoms with Crippen molar-refractivity contribution < 1.29 is 24.2 Å². The number of nitrogens with one attached hydrogen (secondary N) is 1. The Morgan fingerprint density at radius 2 is 2.00 bits per heavy atom. The molecule has 0 aliphatic rings. The van der Waals surface area contributed by atoms with Gasteiger partial charge in [-0.05, 0) is 25.1 Å². The number of ether oxygens (including phenoxy) is 1. The number of hydrogen-bond donors (Lipinski definition) is 2. The van der Waals surface area contributed by atoms with E-state index in [2.05, 4.69) is 10.1 Å². The summed E-state index contributed by atoms with van der Waals surface area (Å²) in [6.45, 7) is 1.92. The van der Waals surface area contributed by atoms with Crippen molar-refractivity contribution in [3.63, 3.8) is 0 Å². The molecule has 0 atom stereocenters. The van der Waals surface area contributed by atoms with Gasteiger partial charge in [0.05, 0.1) is 24.3 Å². The molecule has 0 fully saturated rings. The van der Waals surface area contributed by atoms with Crippen LogP contribution in [0.25, 0.3) is 0 Å². The summed E-state index contributed by atoms with van der Waals surface area (Å²) in [5.41, 5.74) is 0.0257. The van der Waals surface area contributed by atoms with Gasteiger partial charge in [-0.1, -0.05) is 11.6 Å². The van der Waals surface area contributed by atoms with Gasteiger partial charge in [-0.2, -0.15) is 0 Å². The first-order chi connectivity index (χ1) is 9.43. The van der Waals surface area contributed by atoms with E-state index in [4.69, 9.17) is 16.7 Å². The molecular formula is C13H14ClNO5. The number of benzene rings is 1. The van der Waals surface area contributed by atoms with Gasteiger partial charge in [0.1, 0.15) is 0 Å². The van der Waals surface area contributed by atoms with Crippen LogP contribution in [-0.4, -0.2) is 29.6 Å². The number of carbonyl (C=O) groups is 3. The molecule has 1 aromatic carbocycles. The molecule has 2 N–H and O–H groups in total. The molecule has 1 aromatic rings. The molecule has 0 unspecified atom stereocenters. The van der Waals surface area contributed by atoms with Crippen LogP contribution in [0, 0.1) is 0 Å². The third kappa shape index (κ3) is 4.89. The van der Waals surface area contributed by atoms with Crippen LogP contribution in [0.3, 0.4) is 0 Å². The molecular weight excluding hydrogens is 286 g/mol. The molecule has 0 saturated heterocycles. The van der Waals surface area contributed by atoms with E-state index in [0.29, 0.717) is 0 Å². The van der Waals surface area contributed by atoms with Crippen LogP contribution < -0.4 is 5.32 Å². The molecule has 1 amide bonds. The number of aromatic carboxylic acids is 1. The van der Waals surface area contributed by atoms with Gasteiger partial charge in [-0.25, -0.2) is 4.79 Å². The van der Waals surface area contributed by atoms with Gasteiger partial charge >= 0.3 is 11.9 Å². The van der Waals surface area contributed by atoms with Gasteiger partial charge in [0.2, 0.25) is 5.91 Å². The molecule has 7 heteroatoms. The second-order valence-corrected chi connectivity index (χ2v) is 4.28. The second kappa shape index (κ2) is 7.49. The van der Waals surface area contributed by atoms with Crippen molar-refractivity contribution in [1.82, 2.24) is 0 Å². The average Bonchev–Trinajstić information content (AvgIpc) is 2.38. The molecule has 0 aliphatic heterocycles. The zero-order valence-electron chi connectivity index (χ0n) is 10.8. The van der Waals surface area contributed by atoms with Crippen LogP contribution in [0.15, 0.2) is 18.2 Å². The fourth-order valence-electron chi connectivity index (χ4n) is 1.46. The molecule has 0 heterocycles. The number of carboxylic acid groups (broad SMARTS) is 1. The highest BCUT2D eigenvalue weighted by Gasteiger charge is 2.14.